The van der Waals surface area contributed by atoms with E-state index in [1.165, 1.54) is 5.56 Å². The lowest BCUT2D eigenvalue weighted by Gasteiger charge is -2.15. The molecular weight excluding hydrogens is 148 g/mol. The van der Waals surface area contributed by atoms with Gasteiger partial charge in [-0.05, 0) is 37.0 Å². The molecule has 0 unspecified atom stereocenters. The van der Waals surface area contributed by atoms with E-state index in [-0.39, 0.29) is 5.54 Å². The predicted molar refractivity (Wildman–Crippen MR) is 50.7 cm³/mol. The summed E-state index contributed by atoms with van der Waals surface area (Å²) in [6.45, 7) is 2.07. The number of nitrogen functional groups attached to an aromatic ring is 1. The standard InChI is InChI=1S/C10H14N2/c1-7-3-2-4-8(11)9(7)10(12)5-6-10/h2-4H,5-6,11-12H2,1H3. The zero-order valence-electron chi connectivity index (χ0n) is 7.30. The molecular formula is C10H14N2. The minimum absolute atomic E-state index is 0.102. The maximum Gasteiger partial charge on any atom is 0.0434 e. The molecule has 1 aliphatic carbocycles. The number of nitrogens with two attached hydrogens (primary N) is 2. The van der Waals surface area contributed by atoms with Crippen LogP contribution < -0.4 is 11.5 Å². The number of rotatable bonds is 1. The predicted octanol–water partition coefficient (Wildman–Crippen LogP) is 1.53. The summed E-state index contributed by atoms with van der Waals surface area (Å²) >= 11 is 0. The Labute approximate surface area is 72.6 Å². The largest absolute Gasteiger partial charge is 0.398 e. The molecule has 64 valence electrons. The summed E-state index contributed by atoms with van der Waals surface area (Å²) in [5.74, 6) is 0. The molecule has 1 aliphatic rings. The summed E-state index contributed by atoms with van der Waals surface area (Å²) in [4.78, 5) is 0. The minimum Gasteiger partial charge on any atom is -0.398 e. The van der Waals surface area contributed by atoms with Crippen LogP contribution in [0.4, 0.5) is 5.69 Å². The van der Waals surface area contributed by atoms with Gasteiger partial charge in [-0.15, -0.1) is 0 Å². The molecule has 1 fully saturated rings. The summed E-state index contributed by atoms with van der Waals surface area (Å²) in [5, 5.41) is 0. The van der Waals surface area contributed by atoms with E-state index in [0.717, 1.165) is 24.1 Å². The van der Waals surface area contributed by atoms with Crippen LogP contribution in [0.15, 0.2) is 18.2 Å². The molecule has 0 bridgehead atoms. The molecule has 0 atom stereocenters. The Bertz CT molecular complexity index is 293. The Morgan fingerprint density at radius 3 is 2.50 bits per heavy atom. The normalized spacial score (nSPS) is 19.2. The molecule has 0 aliphatic heterocycles. The molecule has 1 saturated carbocycles. The van der Waals surface area contributed by atoms with Crippen molar-refractivity contribution in [1.82, 2.24) is 0 Å². The van der Waals surface area contributed by atoms with E-state index in [9.17, 15) is 0 Å². The van der Waals surface area contributed by atoms with Crippen LogP contribution in [0.2, 0.25) is 0 Å². The third-order valence-electron chi connectivity index (χ3n) is 2.59. The molecule has 2 nitrogen and oxygen atoms in total. The van der Waals surface area contributed by atoms with Gasteiger partial charge in [0.05, 0.1) is 0 Å². The lowest BCUT2D eigenvalue weighted by Crippen LogP contribution is -2.21. The Kier molecular flexibility index (Phi) is 1.42. The van der Waals surface area contributed by atoms with Crippen LogP contribution in [-0.4, -0.2) is 0 Å². The highest BCUT2D eigenvalue weighted by atomic mass is 14.8. The monoisotopic (exact) mass is 162 g/mol. The third kappa shape index (κ3) is 0.994. The summed E-state index contributed by atoms with van der Waals surface area (Å²) in [6, 6.07) is 5.97. The molecule has 12 heavy (non-hydrogen) atoms. The summed E-state index contributed by atoms with van der Waals surface area (Å²) in [6.07, 6.45) is 2.14. The topological polar surface area (TPSA) is 52.0 Å². The van der Waals surface area contributed by atoms with E-state index < -0.39 is 0 Å². The van der Waals surface area contributed by atoms with Crippen molar-refractivity contribution >= 4 is 5.69 Å². The summed E-state index contributed by atoms with van der Waals surface area (Å²) < 4.78 is 0. The highest BCUT2D eigenvalue weighted by Gasteiger charge is 2.42. The molecule has 4 N–H and O–H groups in total. The second-order valence-corrected chi connectivity index (χ2v) is 3.70. The molecule has 0 spiro atoms. The first-order valence-electron chi connectivity index (χ1n) is 4.28. The smallest absolute Gasteiger partial charge is 0.0434 e. The highest BCUT2D eigenvalue weighted by Crippen LogP contribution is 2.46. The first-order valence-corrected chi connectivity index (χ1v) is 4.28. The number of anilines is 1. The Morgan fingerprint density at radius 1 is 1.33 bits per heavy atom. The van der Waals surface area contributed by atoms with Crippen LogP contribution in [0.1, 0.15) is 24.0 Å². The maximum absolute atomic E-state index is 6.09. The molecule has 2 heteroatoms. The van der Waals surface area contributed by atoms with E-state index in [4.69, 9.17) is 11.5 Å². The lowest BCUT2D eigenvalue weighted by atomic mass is 9.98. The maximum atomic E-state index is 6.09. The van der Waals surface area contributed by atoms with Crippen LogP contribution >= 0.6 is 0 Å². The first-order chi connectivity index (χ1) is 5.63. The molecule has 0 aromatic heterocycles. The van der Waals surface area contributed by atoms with Crippen molar-refractivity contribution in [2.75, 3.05) is 5.73 Å². The van der Waals surface area contributed by atoms with Crippen LogP contribution in [0.5, 0.6) is 0 Å². The fourth-order valence-electron chi connectivity index (χ4n) is 1.76. The summed E-state index contributed by atoms with van der Waals surface area (Å²) in [7, 11) is 0. The number of hydrogen-bond donors (Lipinski definition) is 2. The van der Waals surface area contributed by atoms with E-state index in [0.29, 0.717) is 0 Å². The zero-order chi connectivity index (χ0) is 8.77. The Morgan fingerprint density at radius 2 is 2.00 bits per heavy atom. The first kappa shape index (κ1) is 7.62. The van der Waals surface area contributed by atoms with E-state index >= 15 is 0 Å². The van der Waals surface area contributed by atoms with Gasteiger partial charge in [-0.1, -0.05) is 12.1 Å². The lowest BCUT2D eigenvalue weighted by molar-refractivity contribution is 0.736. The fraction of sp³-hybridized carbons (Fsp3) is 0.400. The van der Waals surface area contributed by atoms with Crippen molar-refractivity contribution in [3.63, 3.8) is 0 Å². The van der Waals surface area contributed by atoms with Crippen molar-refractivity contribution in [2.24, 2.45) is 5.73 Å². The van der Waals surface area contributed by atoms with Gasteiger partial charge in [0.2, 0.25) is 0 Å². The van der Waals surface area contributed by atoms with Crippen LogP contribution in [0.3, 0.4) is 0 Å². The SMILES string of the molecule is Cc1cccc(N)c1C1(N)CC1. The molecule has 0 amide bonds. The van der Waals surface area contributed by atoms with Crippen molar-refractivity contribution in [3.05, 3.63) is 29.3 Å². The number of aryl methyl sites for hydroxylation is 1. The van der Waals surface area contributed by atoms with Crippen molar-refractivity contribution in [1.29, 1.82) is 0 Å². The van der Waals surface area contributed by atoms with Gasteiger partial charge in [0.25, 0.3) is 0 Å². The van der Waals surface area contributed by atoms with E-state index in [1.54, 1.807) is 0 Å². The summed E-state index contributed by atoms with van der Waals surface area (Å²) in [5.41, 5.74) is 15.1. The van der Waals surface area contributed by atoms with Gasteiger partial charge in [0.15, 0.2) is 0 Å². The van der Waals surface area contributed by atoms with Crippen LogP contribution in [-0.2, 0) is 5.54 Å². The van der Waals surface area contributed by atoms with Crippen molar-refractivity contribution < 1.29 is 0 Å². The molecule has 1 aromatic carbocycles. The van der Waals surface area contributed by atoms with Crippen LogP contribution in [0.25, 0.3) is 0 Å². The van der Waals surface area contributed by atoms with Gasteiger partial charge in [0.1, 0.15) is 0 Å². The van der Waals surface area contributed by atoms with Crippen molar-refractivity contribution in [2.45, 2.75) is 25.3 Å². The second kappa shape index (κ2) is 2.23. The van der Waals surface area contributed by atoms with E-state index in [1.807, 2.05) is 12.1 Å². The molecule has 2 rings (SSSR count). The van der Waals surface area contributed by atoms with E-state index in [2.05, 4.69) is 13.0 Å². The Balaban J connectivity index is 2.55. The van der Waals surface area contributed by atoms with Crippen LogP contribution in [0, 0.1) is 6.92 Å². The third-order valence-corrected chi connectivity index (χ3v) is 2.59. The minimum atomic E-state index is -0.102. The average molecular weight is 162 g/mol. The highest BCUT2D eigenvalue weighted by molar-refractivity contribution is 5.56. The number of hydrogen-bond acceptors (Lipinski definition) is 2. The molecule has 0 radical (unpaired) electrons. The fourth-order valence-corrected chi connectivity index (χ4v) is 1.76. The van der Waals surface area contributed by atoms with Gasteiger partial charge in [-0.25, -0.2) is 0 Å². The molecule has 1 aromatic rings. The van der Waals surface area contributed by atoms with Gasteiger partial charge < -0.3 is 11.5 Å². The zero-order valence-corrected chi connectivity index (χ0v) is 7.30. The second-order valence-electron chi connectivity index (χ2n) is 3.70. The quantitative estimate of drug-likeness (QED) is 0.615. The van der Waals surface area contributed by atoms with Crippen molar-refractivity contribution in [3.8, 4) is 0 Å². The van der Waals surface area contributed by atoms with Gasteiger partial charge in [-0.3, -0.25) is 0 Å². The Hall–Kier alpha value is -1.02. The molecule has 0 saturated heterocycles. The molecule has 0 heterocycles. The average Bonchev–Trinajstić information content (AvgIpc) is 2.68. The van der Waals surface area contributed by atoms with Gasteiger partial charge in [-0.2, -0.15) is 0 Å². The number of benzene rings is 1. The van der Waals surface area contributed by atoms with Gasteiger partial charge in [0, 0.05) is 11.2 Å². The van der Waals surface area contributed by atoms with Gasteiger partial charge >= 0.3 is 0 Å².